The molecule has 0 saturated carbocycles. The molecule has 0 bridgehead atoms. The molecule has 1 aromatic rings. The lowest BCUT2D eigenvalue weighted by atomic mass is 10.3. The summed E-state index contributed by atoms with van der Waals surface area (Å²) in [5.74, 6) is -0.587. The van der Waals surface area contributed by atoms with Crippen molar-refractivity contribution < 1.29 is 23.9 Å². The van der Waals surface area contributed by atoms with E-state index < -0.39 is 5.97 Å². The quantitative estimate of drug-likeness (QED) is 0.605. The average molecular weight is 279 g/mol. The highest BCUT2D eigenvalue weighted by molar-refractivity contribution is 5.96. The molecule has 0 aliphatic rings. The first-order chi connectivity index (χ1) is 9.51. The van der Waals surface area contributed by atoms with Crippen LogP contribution in [0.1, 0.15) is 20.3 Å². The van der Waals surface area contributed by atoms with Gasteiger partial charge in [-0.1, -0.05) is 0 Å². The Bertz CT molecular complexity index is 481. The summed E-state index contributed by atoms with van der Waals surface area (Å²) in [6.07, 6.45) is -0.294. The minimum atomic E-state index is -0.554. The second kappa shape index (κ2) is 7.93. The molecule has 6 nitrogen and oxygen atoms in total. The highest BCUT2D eigenvalue weighted by atomic mass is 16.5. The van der Waals surface area contributed by atoms with E-state index in [0.29, 0.717) is 11.4 Å². The molecule has 0 fully saturated rings. The molecule has 0 spiro atoms. The van der Waals surface area contributed by atoms with Gasteiger partial charge in [0.15, 0.2) is 5.78 Å². The van der Waals surface area contributed by atoms with E-state index in [2.05, 4.69) is 10.1 Å². The number of carbonyl (C=O) groups excluding carboxylic acids is 3. The predicted molar refractivity (Wildman–Crippen MR) is 72.5 cm³/mol. The molecule has 1 rings (SSSR count). The van der Waals surface area contributed by atoms with Crippen LogP contribution in [0.15, 0.2) is 24.3 Å². The molecule has 0 saturated heterocycles. The molecule has 6 heteroatoms. The van der Waals surface area contributed by atoms with Crippen molar-refractivity contribution in [1.82, 2.24) is 0 Å². The van der Waals surface area contributed by atoms with Gasteiger partial charge in [0.25, 0.3) is 0 Å². The molecule has 0 atom stereocenters. The molecule has 0 heterocycles. The Morgan fingerprint density at radius 2 is 1.80 bits per heavy atom. The third-order valence-electron chi connectivity index (χ3n) is 2.22. The topological polar surface area (TPSA) is 81.7 Å². The van der Waals surface area contributed by atoms with Crippen LogP contribution in [-0.4, -0.2) is 30.9 Å². The summed E-state index contributed by atoms with van der Waals surface area (Å²) in [5.41, 5.74) is 0.641. The molecule has 1 N–H and O–H groups in total. The zero-order chi connectivity index (χ0) is 15.0. The molecule has 1 amide bonds. The molecule has 0 aliphatic heterocycles. The third kappa shape index (κ3) is 5.99. The van der Waals surface area contributed by atoms with Gasteiger partial charge < -0.3 is 14.8 Å². The smallest absolute Gasteiger partial charge is 0.313 e. The fourth-order valence-corrected chi connectivity index (χ4v) is 1.43. The van der Waals surface area contributed by atoms with E-state index in [9.17, 15) is 14.4 Å². The highest BCUT2D eigenvalue weighted by Gasteiger charge is 2.10. The Hall–Kier alpha value is -2.37. The summed E-state index contributed by atoms with van der Waals surface area (Å²) in [6.45, 7) is 3.14. The van der Waals surface area contributed by atoms with E-state index >= 15 is 0 Å². The summed E-state index contributed by atoms with van der Waals surface area (Å²) in [7, 11) is 0. The largest absolute Gasteiger partial charge is 0.486 e. The Kier molecular flexibility index (Phi) is 6.22. The fraction of sp³-hybridized carbons (Fsp3) is 0.357. The number of nitrogens with one attached hydrogen (secondary N) is 1. The van der Waals surface area contributed by atoms with Crippen molar-refractivity contribution in [3.8, 4) is 5.75 Å². The number of rotatable bonds is 7. The Labute approximate surface area is 117 Å². The number of ether oxygens (including phenoxy) is 2. The number of hydrogen-bond acceptors (Lipinski definition) is 5. The fourth-order valence-electron chi connectivity index (χ4n) is 1.43. The number of ketones is 1. The van der Waals surface area contributed by atoms with Crippen LogP contribution < -0.4 is 10.1 Å². The molecule has 0 unspecified atom stereocenters. The maximum atomic E-state index is 11.4. The monoisotopic (exact) mass is 279 g/mol. The lowest BCUT2D eigenvalue weighted by molar-refractivity contribution is -0.145. The van der Waals surface area contributed by atoms with E-state index in [4.69, 9.17) is 4.74 Å². The average Bonchev–Trinajstić information content (AvgIpc) is 2.37. The second-order valence-corrected chi connectivity index (χ2v) is 4.01. The van der Waals surface area contributed by atoms with Crippen molar-refractivity contribution >= 4 is 23.3 Å². The minimum Gasteiger partial charge on any atom is -0.486 e. The van der Waals surface area contributed by atoms with E-state index in [-0.39, 0.29) is 31.3 Å². The van der Waals surface area contributed by atoms with Crippen LogP contribution in [0.3, 0.4) is 0 Å². The summed E-state index contributed by atoms with van der Waals surface area (Å²) in [5, 5.41) is 2.61. The van der Waals surface area contributed by atoms with E-state index in [1.807, 2.05) is 0 Å². The molecule has 0 radical (unpaired) electrons. The van der Waals surface area contributed by atoms with Gasteiger partial charge in [0.1, 0.15) is 18.8 Å². The van der Waals surface area contributed by atoms with Crippen LogP contribution in [0.25, 0.3) is 0 Å². The minimum absolute atomic E-state index is 0.164. The number of Topliss-reactive ketones (excluding diaryl/α,β-unsaturated/α-hetero) is 1. The van der Waals surface area contributed by atoms with Crippen LogP contribution in [0, 0.1) is 0 Å². The zero-order valence-electron chi connectivity index (χ0n) is 11.5. The summed E-state index contributed by atoms with van der Waals surface area (Å²) in [6, 6.07) is 6.57. The number of hydrogen-bond donors (Lipinski definition) is 1. The van der Waals surface area contributed by atoms with Crippen LogP contribution in [-0.2, 0) is 19.1 Å². The molecule has 0 aliphatic carbocycles. The first-order valence-electron chi connectivity index (χ1n) is 6.19. The number of benzene rings is 1. The van der Waals surface area contributed by atoms with Gasteiger partial charge in [-0.3, -0.25) is 14.4 Å². The van der Waals surface area contributed by atoms with Crippen molar-refractivity contribution in [3.05, 3.63) is 24.3 Å². The highest BCUT2D eigenvalue weighted by Crippen LogP contribution is 2.15. The lowest BCUT2D eigenvalue weighted by Crippen LogP contribution is -2.17. The van der Waals surface area contributed by atoms with Crippen LogP contribution >= 0.6 is 0 Å². The number of esters is 1. The summed E-state index contributed by atoms with van der Waals surface area (Å²) in [4.78, 5) is 33.3. The van der Waals surface area contributed by atoms with Gasteiger partial charge in [-0.05, 0) is 31.2 Å². The number of anilines is 1. The molecule has 20 heavy (non-hydrogen) atoms. The number of amides is 1. The van der Waals surface area contributed by atoms with E-state index in [0.717, 1.165) is 0 Å². The van der Waals surface area contributed by atoms with Crippen molar-refractivity contribution in [2.24, 2.45) is 0 Å². The SMILES string of the molecule is CCOC(=O)CC(=O)COc1ccc(NC(C)=O)cc1. The predicted octanol–water partition coefficient (Wildman–Crippen LogP) is 1.55. The maximum Gasteiger partial charge on any atom is 0.313 e. The van der Waals surface area contributed by atoms with Gasteiger partial charge in [0.05, 0.1) is 6.61 Å². The molecule has 108 valence electrons. The number of carbonyl (C=O) groups is 3. The van der Waals surface area contributed by atoms with Gasteiger partial charge in [-0.25, -0.2) is 0 Å². The normalized spacial score (nSPS) is 9.70. The Morgan fingerprint density at radius 3 is 2.35 bits per heavy atom. The van der Waals surface area contributed by atoms with Gasteiger partial charge in [0, 0.05) is 12.6 Å². The van der Waals surface area contributed by atoms with Crippen molar-refractivity contribution in [1.29, 1.82) is 0 Å². The third-order valence-corrected chi connectivity index (χ3v) is 2.22. The Balaban J connectivity index is 2.39. The lowest BCUT2D eigenvalue weighted by Gasteiger charge is -2.07. The van der Waals surface area contributed by atoms with E-state index in [1.54, 1.807) is 31.2 Å². The van der Waals surface area contributed by atoms with Crippen LogP contribution in [0.2, 0.25) is 0 Å². The molecule has 0 aromatic heterocycles. The first-order valence-corrected chi connectivity index (χ1v) is 6.19. The van der Waals surface area contributed by atoms with Gasteiger partial charge >= 0.3 is 5.97 Å². The molecule has 1 aromatic carbocycles. The van der Waals surface area contributed by atoms with Crippen molar-refractivity contribution in [2.45, 2.75) is 20.3 Å². The van der Waals surface area contributed by atoms with Gasteiger partial charge in [-0.15, -0.1) is 0 Å². The standard InChI is InChI=1S/C14H17NO5/c1-3-19-14(18)8-12(17)9-20-13-6-4-11(5-7-13)15-10(2)16/h4-7H,3,8-9H2,1-2H3,(H,15,16). The van der Waals surface area contributed by atoms with Crippen LogP contribution in [0.5, 0.6) is 5.75 Å². The van der Waals surface area contributed by atoms with Gasteiger partial charge in [-0.2, -0.15) is 0 Å². The summed E-state index contributed by atoms with van der Waals surface area (Å²) >= 11 is 0. The van der Waals surface area contributed by atoms with Gasteiger partial charge in [0.2, 0.25) is 5.91 Å². The van der Waals surface area contributed by atoms with E-state index in [1.165, 1.54) is 6.92 Å². The Morgan fingerprint density at radius 1 is 1.15 bits per heavy atom. The summed E-state index contributed by atoms with van der Waals surface area (Å²) < 4.78 is 9.90. The molecular weight excluding hydrogens is 262 g/mol. The zero-order valence-corrected chi connectivity index (χ0v) is 11.5. The van der Waals surface area contributed by atoms with Crippen molar-refractivity contribution in [3.63, 3.8) is 0 Å². The second-order valence-electron chi connectivity index (χ2n) is 4.01. The molecular formula is C14H17NO5. The maximum absolute atomic E-state index is 11.4. The van der Waals surface area contributed by atoms with Crippen LogP contribution in [0.4, 0.5) is 5.69 Å². The first kappa shape index (κ1) is 15.7. The van der Waals surface area contributed by atoms with Crippen molar-refractivity contribution in [2.75, 3.05) is 18.5 Å².